The molecule has 1 N–H and O–H groups in total. The maximum absolute atomic E-state index is 12.2. The van der Waals surface area contributed by atoms with Gasteiger partial charge in [-0.25, -0.2) is 4.98 Å². The summed E-state index contributed by atoms with van der Waals surface area (Å²) in [6.45, 7) is 0.267. The van der Waals surface area contributed by atoms with Crippen molar-refractivity contribution in [3.05, 3.63) is 28.0 Å². The molecule has 1 fully saturated rings. The summed E-state index contributed by atoms with van der Waals surface area (Å²) >= 11 is 11.6. The Labute approximate surface area is 109 Å². The molecule has 1 aromatic heterocycles. The zero-order chi connectivity index (χ0) is 12.4. The summed E-state index contributed by atoms with van der Waals surface area (Å²) in [6, 6.07) is 3.32. The third kappa shape index (κ3) is 2.89. The molecule has 6 heteroatoms. The Hall–Kier alpha value is -0.840. The zero-order valence-corrected chi connectivity index (χ0v) is 10.6. The van der Waals surface area contributed by atoms with Crippen LogP contribution in [0.25, 0.3) is 0 Å². The lowest BCUT2D eigenvalue weighted by Gasteiger charge is -2.21. The Balaban J connectivity index is 2.22. The molecule has 0 aromatic carbocycles. The maximum atomic E-state index is 12.2. The molecule has 0 unspecified atom stereocenters. The number of nitrogens with zero attached hydrogens (tertiary/aromatic N) is 2. The van der Waals surface area contributed by atoms with Gasteiger partial charge in [-0.15, -0.1) is 0 Å². The van der Waals surface area contributed by atoms with Crippen LogP contribution in [0.4, 0.5) is 0 Å². The van der Waals surface area contributed by atoms with Crippen molar-refractivity contribution in [1.29, 1.82) is 0 Å². The molecule has 0 radical (unpaired) electrons. The fraction of sp³-hybridized carbons (Fsp3) is 0.455. The Bertz CT molecular complexity index is 435. The van der Waals surface area contributed by atoms with E-state index >= 15 is 0 Å². The summed E-state index contributed by atoms with van der Waals surface area (Å²) in [7, 11) is 0. The number of hydrogen-bond donors (Lipinski definition) is 1. The molecular formula is C11H12Cl2N2O2. The lowest BCUT2D eigenvalue weighted by molar-refractivity contribution is 0.0707. The standard InChI is InChI=1S/C11H12Cl2N2O2/c12-9-4-3-8(10(13)14-9)11(17)15(5-6-16)7-1-2-7/h3-4,7,16H,1-2,5-6H2. The van der Waals surface area contributed by atoms with E-state index in [2.05, 4.69) is 4.98 Å². The highest BCUT2D eigenvalue weighted by Crippen LogP contribution is 2.29. The Morgan fingerprint density at radius 1 is 1.47 bits per heavy atom. The first-order valence-corrected chi connectivity index (χ1v) is 6.13. The van der Waals surface area contributed by atoms with Crippen LogP contribution in [0.5, 0.6) is 0 Å². The molecule has 17 heavy (non-hydrogen) atoms. The van der Waals surface area contributed by atoms with Gasteiger partial charge in [0.1, 0.15) is 10.3 Å². The molecule has 0 saturated heterocycles. The molecule has 4 nitrogen and oxygen atoms in total. The topological polar surface area (TPSA) is 53.4 Å². The van der Waals surface area contributed by atoms with Crippen molar-refractivity contribution >= 4 is 29.1 Å². The van der Waals surface area contributed by atoms with E-state index in [1.165, 1.54) is 6.07 Å². The quantitative estimate of drug-likeness (QED) is 0.855. The minimum atomic E-state index is -0.198. The molecule has 0 bridgehead atoms. The smallest absolute Gasteiger partial charge is 0.257 e. The van der Waals surface area contributed by atoms with Crippen molar-refractivity contribution in [3.8, 4) is 0 Å². The van der Waals surface area contributed by atoms with Crippen molar-refractivity contribution in [1.82, 2.24) is 9.88 Å². The van der Waals surface area contributed by atoms with Crippen LogP contribution in [0.2, 0.25) is 10.3 Å². The number of amides is 1. The van der Waals surface area contributed by atoms with Gasteiger partial charge in [-0.3, -0.25) is 4.79 Å². The van der Waals surface area contributed by atoms with Crippen molar-refractivity contribution in [3.63, 3.8) is 0 Å². The number of aliphatic hydroxyl groups is 1. The Morgan fingerprint density at radius 2 is 2.18 bits per heavy atom. The number of rotatable bonds is 4. The van der Waals surface area contributed by atoms with Crippen molar-refractivity contribution in [2.45, 2.75) is 18.9 Å². The molecule has 1 saturated carbocycles. The van der Waals surface area contributed by atoms with Crippen molar-refractivity contribution < 1.29 is 9.90 Å². The lowest BCUT2D eigenvalue weighted by atomic mass is 10.2. The van der Waals surface area contributed by atoms with E-state index in [1.807, 2.05) is 0 Å². The van der Waals surface area contributed by atoms with E-state index in [4.69, 9.17) is 28.3 Å². The van der Waals surface area contributed by atoms with Gasteiger partial charge in [0.05, 0.1) is 12.2 Å². The van der Waals surface area contributed by atoms with Gasteiger partial charge >= 0.3 is 0 Å². The number of pyridine rings is 1. The third-order valence-electron chi connectivity index (χ3n) is 2.63. The first-order chi connectivity index (χ1) is 8.13. The second kappa shape index (κ2) is 5.21. The Kier molecular flexibility index (Phi) is 3.86. The molecule has 1 amide bonds. The summed E-state index contributed by atoms with van der Waals surface area (Å²) in [5.41, 5.74) is 0.330. The molecular weight excluding hydrogens is 263 g/mol. The predicted molar refractivity (Wildman–Crippen MR) is 65.4 cm³/mol. The number of aromatic nitrogens is 1. The highest BCUT2D eigenvalue weighted by molar-refractivity contribution is 6.34. The van der Waals surface area contributed by atoms with E-state index < -0.39 is 0 Å². The lowest BCUT2D eigenvalue weighted by Crippen LogP contribution is -2.35. The molecule has 0 spiro atoms. The van der Waals surface area contributed by atoms with Crippen LogP contribution in [-0.4, -0.2) is 40.1 Å². The van der Waals surface area contributed by atoms with Crippen LogP contribution < -0.4 is 0 Å². The fourth-order valence-electron chi connectivity index (χ4n) is 1.67. The Morgan fingerprint density at radius 3 is 2.71 bits per heavy atom. The summed E-state index contributed by atoms with van der Waals surface area (Å²) < 4.78 is 0. The van der Waals surface area contributed by atoms with Crippen LogP contribution in [0.15, 0.2) is 12.1 Å². The number of aliphatic hydroxyl groups excluding tert-OH is 1. The fourth-order valence-corrected chi connectivity index (χ4v) is 2.10. The van der Waals surface area contributed by atoms with Crippen LogP contribution >= 0.6 is 23.2 Å². The van der Waals surface area contributed by atoms with E-state index in [1.54, 1.807) is 11.0 Å². The molecule has 1 aliphatic carbocycles. The number of hydrogen-bond acceptors (Lipinski definition) is 3. The van der Waals surface area contributed by atoms with Crippen LogP contribution in [0.3, 0.4) is 0 Å². The van der Waals surface area contributed by atoms with Gasteiger partial charge in [0.25, 0.3) is 5.91 Å². The van der Waals surface area contributed by atoms with Crippen LogP contribution in [0, 0.1) is 0 Å². The van der Waals surface area contributed by atoms with Gasteiger partial charge in [0, 0.05) is 12.6 Å². The zero-order valence-electron chi connectivity index (χ0n) is 9.07. The second-order valence-electron chi connectivity index (χ2n) is 3.93. The van der Waals surface area contributed by atoms with Crippen LogP contribution in [0.1, 0.15) is 23.2 Å². The summed E-state index contributed by atoms with van der Waals surface area (Å²) in [6.07, 6.45) is 1.95. The largest absolute Gasteiger partial charge is 0.395 e. The van der Waals surface area contributed by atoms with Gasteiger partial charge in [-0.2, -0.15) is 0 Å². The average Bonchev–Trinajstić information content (AvgIpc) is 3.09. The molecule has 1 heterocycles. The van der Waals surface area contributed by atoms with E-state index in [-0.39, 0.29) is 28.9 Å². The normalized spacial score (nSPS) is 14.8. The number of halogens is 2. The monoisotopic (exact) mass is 274 g/mol. The first kappa shape index (κ1) is 12.6. The minimum absolute atomic E-state index is 0.0547. The second-order valence-corrected chi connectivity index (χ2v) is 4.67. The number of carbonyl (C=O) groups is 1. The van der Waals surface area contributed by atoms with E-state index in [0.717, 1.165) is 12.8 Å². The van der Waals surface area contributed by atoms with Gasteiger partial charge in [0.2, 0.25) is 0 Å². The van der Waals surface area contributed by atoms with Gasteiger partial charge < -0.3 is 10.0 Å². The summed E-state index contributed by atoms with van der Waals surface area (Å²) in [5, 5.41) is 9.32. The summed E-state index contributed by atoms with van der Waals surface area (Å²) in [4.78, 5) is 17.7. The van der Waals surface area contributed by atoms with Gasteiger partial charge in [-0.1, -0.05) is 23.2 Å². The molecule has 1 aromatic rings. The van der Waals surface area contributed by atoms with Crippen molar-refractivity contribution in [2.75, 3.05) is 13.2 Å². The molecule has 92 valence electrons. The van der Waals surface area contributed by atoms with Gasteiger partial charge in [0.15, 0.2) is 0 Å². The van der Waals surface area contributed by atoms with Gasteiger partial charge in [-0.05, 0) is 25.0 Å². The third-order valence-corrected chi connectivity index (χ3v) is 3.13. The summed E-state index contributed by atoms with van der Waals surface area (Å²) in [5.74, 6) is -0.198. The predicted octanol–water partition coefficient (Wildman–Crippen LogP) is 1.99. The molecule has 0 aliphatic heterocycles. The average molecular weight is 275 g/mol. The van der Waals surface area contributed by atoms with Crippen molar-refractivity contribution in [2.24, 2.45) is 0 Å². The SMILES string of the molecule is O=C(c1ccc(Cl)nc1Cl)N(CCO)C1CC1. The highest BCUT2D eigenvalue weighted by Gasteiger charge is 2.33. The van der Waals surface area contributed by atoms with E-state index in [0.29, 0.717) is 12.1 Å². The van der Waals surface area contributed by atoms with E-state index in [9.17, 15) is 4.79 Å². The maximum Gasteiger partial charge on any atom is 0.257 e. The molecule has 0 atom stereocenters. The molecule has 2 rings (SSSR count). The van der Waals surface area contributed by atoms with Crippen LogP contribution in [-0.2, 0) is 0 Å². The first-order valence-electron chi connectivity index (χ1n) is 5.37. The highest BCUT2D eigenvalue weighted by atomic mass is 35.5. The molecule has 1 aliphatic rings. The minimum Gasteiger partial charge on any atom is -0.395 e. The number of carbonyl (C=O) groups excluding carboxylic acids is 1.